The van der Waals surface area contributed by atoms with Gasteiger partial charge in [-0.05, 0) is 44.1 Å². The number of benzene rings is 1. The second-order valence-electron chi connectivity index (χ2n) is 8.44. The monoisotopic (exact) mass is 477 g/mol. The Bertz CT molecular complexity index is 695. The van der Waals surface area contributed by atoms with E-state index in [9.17, 15) is 9.59 Å². The third-order valence-corrected chi connectivity index (χ3v) is 5.93. The Labute approximate surface area is 205 Å². The molecule has 7 heteroatoms. The number of nitrogens with zero attached hydrogens (tertiary/aromatic N) is 1. The van der Waals surface area contributed by atoms with E-state index in [2.05, 4.69) is 11.5 Å². The summed E-state index contributed by atoms with van der Waals surface area (Å²) in [6.45, 7) is 4.82. The van der Waals surface area contributed by atoms with Crippen LogP contribution in [0.25, 0.3) is 0 Å². The molecule has 1 atom stereocenters. The van der Waals surface area contributed by atoms with Crippen LogP contribution in [-0.4, -0.2) is 64.7 Å². The molecule has 1 aromatic carbocycles. The summed E-state index contributed by atoms with van der Waals surface area (Å²) in [6.07, 6.45) is 15.0. The highest BCUT2D eigenvalue weighted by Gasteiger charge is 2.26. The molecule has 1 saturated carbocycles. The Balaban J connectivity index is 0.000000276. The number of methoxy groups -OCH3 is 3. The quantitative estimate of drug-likeness (QED) is 0.296. The fraction of sp³-hybridized carbons (Fsp3) is 0.630. The summed E-state index contributed by atoms with van der Waals surface area (Å²) in [5, 5.41) is 0. The van der Waals surface area contributed by atoms with E-state index < -0.39 is 0 Å². The second-order valence-corrected chi connectivity index (χ2v) is 8.44. The molecule has 0 N–H and O–H groups in total. The van der Waals surface area contributed by atoms with Gasteiger partial charge in [0.2, 0.25) is 5.75 Å². The Morgan fingerprint density at radius 1 is 0.971 bits per heavy atom. The third-order valence-electron chi connectivity index (χ3n) is 5.93. The number of ether oxygens (including phenoxy) is 4. The Hall–Kier alpha value is -2.54. The van der Waals surface area contributed by atoms with Crippen LogP contribution < -0.4 is 14.2 Å². The molecule has 1 saturated heterocycles. The summed E-state index contributed by atoms with van der Waals surface area (Å²) >= 11 is 0. The van der Waals surface area contributed by atoms with Gasteiger partial charge < -0.3 is 23.7 Å². The zero-order valence-corrected chi connectivity index (χ0v) is 21.5. The van der Waals surface area contributed by atoms with E-state index in [1.54, 1.807) is 39.5 Å². The van der Waals surface area contributed by atoms with Crippen LogP contribution in [0.1, 0.15) is 63.4 Å². The van der Waals surface area contributed by atoms with Crippen molar-refractivity contribution in [3.8, 4) is 17.2 Å². The number of likely N-dealkylation sites (N-methyl/N-ethyl adjacent to an activating group) is 1. The molecule has 1 heterocycles. The summed E-state index contributed by atoms with van der Waals surface area (Å²) in [5.41, 5.74) is 0.833. The van der Waals surface area contributed by atoms with Crippen molar-refractivity contribution < 1.29 is 28.5 Å². The fourth-order valence-corrected chi connectivity index (χ4v) is 4.02. The van der Waals surface area contributed by atoms with E-state index in [4.69, 9.17) is 18.9 Å². The van der Waals surface area contributed by atoms with Crippen molar-refractivity contribution in [3.63, 3.8) is 0 Å². The van der Waals surface area contributed by atoms with Gasteiger partial charge in [-0.1, -0.05) is 57.6 Å². The highest BCUT2D eigenvalue weighted by molar-refractivity contribution is 5.75. The van der Waals surface area contributed by atoms with Gasteiger partial charge in [-0.15, -0.1) is 0 Å². The molecular weight excluding hydrogens is 434 g/mol. The minimum atomic E-state index is -0.109. The van der Waals surface area contributed by atoms with Crippen LogP contribution in [0, 0.1) is 0 Å². The minimum Gasteiger partial charge on any atom is -0.493 e. The van der Waals surface area contributed by atoms with Crippen LogP contribution in [0.2, 0.25) is 0 Å². The molecule has 0 radical (unpaired) electrons. The van der Waals surface area contributed by atoms with Crippen molar-refractivity contribution in [1.29, 1.82) is 0 Å². The van der Waals surface area contributed by atoms with E-state index in [1.165, 1.54) is 44.9 Å². The van der Waals surface area contributed by atoms with Crippen LogP contribution in [0.15, 0.2) is 24.8 Å². The Kier molecular flexibility index (Phi) is 15.5. The summed E-state index contributed by atoms with van der Waals surface area (Å²) in [4.78, 5) is 23.9. The molecule has 0 bridgehead atoms. The van der Waals surface area contributed by atoms with Gasteiger partial charge in [0.05, 0.1) is 21.3 Å². The van der Waals surface area contributed by atoms with Gasteiger partial charge in [-0.3, -0.25) is 9.69 Å². The van der Waals surface area contributed by atoms with Gasteiger partial charge in [0.25, 0.3) is 0 Å². The molecule has 0 spiro atoms. The van der Waals surface area contributed by atoms with Crippen molar-refractivity contribution >= 4 is 12.3 Å². The summed E-state index contributed by atoms with van der Waals surface area (Å²) in [5.74, 6) is 1.55. The maximum absolute atomic E-state index is 11.5. The number of rotatable bonds is 8. The van der Waals surface area contributed by atoms with E-state index >= 15 is 0 Å². The summed E-state index contributed by atoms with van der Waals surface area (Å²) in [6, 6.07) is 3.49. The molecule has 3 rings (SSSR count). The first-order valence-electron chi connectivity index (χ1n) is 12.2. The molecule has 1 aliphatic carbocycles. The average Bonchev–Trinajstić information content (AvgIpc) is 2.88. The number of hydrogen-bond donors (Lipinski definition) is 0. The predicted molar refractivity (Wildman–Crippen MR) is 135 cm³/mol. The number of esters is 1. The topological polar surface area (TPSA) is 74.3 Å². The maximum atomic E-state index is 11.5. The van der Waals surface area contributed by atoms with Crippen LogP contribution in [0.5, 0.6) is 17.2 Å². The molecule has 192 valence electrons. The lowest BCUT2D eigenvalue weighted by molar-refractivity contribution is -0.149. The molecule has 7 nitrogen and oxygen atoms in total. The first kappa shape index (κ1) is 29.5. The largest absolute Gasteiger partial charge is 0.493 e. The number of carbonyl (C=O) groups excluding carboxylic acids is 2. The zero-order valence-electron chi connectivity index (χ0n) is 21.5. The number of hydrogen-bond acceptors (Lipinski definition) is 7. The smallest absolute Gasteiger partial charge is 0.323 e. The molecule has 2 fully saturated rings. The van der Waals surface area contributed by atoms with Crippen LogP contribution in [0.3, 0.4) is 0 Å². The zero-order chi connectivity index (χ0) is 25.2. The molecule has 0 aromatic heterocycles. The molecule has 1 aliphatic heterocycles. The molecule has 0 amide bonds. The molecule has 34 heavy (non-hydrogen) atoms. The lowest BCUT2D eigenvalue weighted by Crippen LogP contribution is -2.42. The first-order chi connectivity index (χ1) is 16.5. The fourth-order valence-electron chi connectivity index (χ4n) is 4.02. The minimum absolute atomic E-state index is 0.0336. The number of carbonyl (C=O) groups is 2. The van der Waals surface area contributed by atoms with Gasteiger partial charge >= 0.3 is 5.97 Å². The standard InChI is InChI=1S/C11H14O4.C10H17NO2.C6H12/c1-13-9-6-8(4-5-12)7-10(14-2)11(9)15-3;1-3-8-13-10(12)9-6-4-5-7-11(9)2;1-2-4-6-5-3-1/h5-7H,4H2,1-3H3;3,9H,1,4-8H2,2H3;1-6H2. The van der Waals surface area contributed by atoms with Crippen molar-refractivity contribution in [2.24, 2.45) is 0 Å². The highest BCUT2D eigenvalue weighted by atomic mass is 16.5. The summed E-state index contributed by atoms with van der Waals surface area (Å²) in [7, 11) is 6.60. The van der Waals surface area contributed by atoms with Gasteiger partial charge in [0, 0.05) is 6.42 Å². The molecule has 1 unspecified atom stereocenters. The SMILES string of the molecule is C1CCCCC1.C=CCOC(=O)C1CCCCN1C.COc1cc(CC=O)cc(OC)c1OC. The van der Waals surface area contributed by atoms with Crippen LogP contribution >= 0.6 is 0 Å². The van der Waals surface area contributed by atoms with Crippen LogP contribution in [0.4, 0.5) is 0 Å². The number of piperidine rings is 1. The number of aldehydes is 1. The molecule has 2 aliphatic rings. The second kappa shape index (κ2) is 17.9. The van der Waals surface area contributed by atoms with E-state index in [-0.39, 0.29) is 12.0 Å². The van der Waals surface area contributed by atoms with E-state index in [1.807, 2.05) is 7.05 Å². The van der Waals surface area contributed by atoms with Gasteiger partial charge in [-0.2, -0.15) is 0 Å². The van der Waals surface area contributed by atoms with Crippen molar-refractivity contribution in [1.82, 2.24) is 4.90 Å². The number of likely N-dealkylation sites (tertiary alicyclic amines) is 1. The van der Waals surface area contributed by atoms with Crippen molar-refractivity contribution in [3.05, 3.63) is 30.4 Å². The van der Waals surface area contributed by atoms with E-state index in [0.717, 1.165) is 31.2 Å². The third kappa shape index (κ3) is 10.6. The summed E-state index contributed by atoms with van der Waals surface area (Å²) < 4.78 is 20.4. The normalized spacial score (nSPS) is 17.6. The van der Waals surface area contributed by atoms with E-state index in [0.29, 0.717) is 30.3 Å². The van der Waals surface area contributed by atoms with Crippen LogP contribution in [-0.2, 0) is 20.7 Å². The van der Waals surface area contributed by atoms with Gasteiger partial charge in [0.1, 0.15) is 18.9 Å². The maximum Gasteiger partial charge on any atom is 0.323 e. The molecular formula is C27H43NO6. The van der Waals surface area contributed by atoms with Crippen molar-refractivity contribution in [2.75, 3.05) is 41.5 Å². The van der Waals surface area contributed by atoms with Crippen molar-refractivity contribution in [2.45, 2.75) is 70.3 Å². The van der Waals surface area contributed by atoms with Gasteiger partial charge in [-0.25, -0.2) is 0 Å². The lowest BCUT2D eigenvalue weighted by atomic mass is 10.0. The average molecular weight is 478 g/mol. The van der Waals surface area contributed by atoms with Gasteiger partial charge in [0.15, 0.2) is 11.5 Å². The Morgan fingerprint density at radius 3 is 1.94 bits per heavy atom. The predicted octanol–water partition coefficient (Wildman–Crippen LogP) is 4.99. The highest BCUT2D eigenvalue weighted by Crippen LogP contribution is 2.38. The lowest BCUT2D eigenvalue weighted by Gasteiger charge is -2.30. The Morgan fingerprint density at radius 2 is 1.53 bits per heavy atom. The molecule has 1 aromatic rings. The first-order valence-corrected chi connectivity index (χ1v) is 12.2.